The number of nitrogens with zero attached hydrogens (tertiary/aromatic N) is 3. The molecule has 4 rings (SSSR count). The Balaban J connectivity index is 1.43. The first-order valence-corrected chi connectivity index (χ1v) is 10.6. The minimum Gasteiger partial charge on any atom is -0.381 e. The van der Waals surface area contributed by atoms with Gasteiger partial charge in [-0.25, -0.2) is 4.79 Å². The van der Waals surface area contributed by atoms with E-state index >= 15 is 0 Å². The molecular weight excluding hydrogens is 392 g/mol. The van der Waals surface area contributed by atoms with Crippen molar-refractivity contribution in [2.75, 3.05) is 32.8 Å². The van der Waals surface area contributed by atoms with Gasteiger partial charge in [-0.05, 0) is 44.2 Å². The molecule has 0 spiro atoms. The van der Waals surface area contributed by atoms with Gasteiger partial charge >= 0.3 is 6.03 Å². The smallest absolute Gasteiger partial charge is 0.317 e. The highest BCUT2D eigenvalue weighted by Gasteiger charge is 2.37. The van der Waals surface area contributed by atoms with Crippen LogP contribution in [0, 0.1) is 6.92 Å². The molecule has 1 N–H and O–H groups in total. The second-order valence-electron chi connectivity index (χ2n) is 8.00. The quantitative estimate of drug-likeness (QED) is 0.819. The summed E-state index contributed by atoms with van der Waals surface area (Å²) in [6.45, 7) is 5.02. The van der Waals surface area contributed by atoms with Crippen LogP contribution in [-0.4, -0.2) is 53.9 Å². The molecule has 0 unspecified atom stereocenters. The molecule has 2 amide bonds. The SMILES string of the molecule is Cc1noc([C@H]2CCCN(C(=O)NCC3(c4ccccc4Cl)CCOCC3)C2)n1. The summed E-state index contributed by atoms with van der Waals surface area (Å²) in [5, 5.41) is 7.80. The van der Waals surface area contributed by atoms with Gasteiger partial charge in [0.15, 0.2) is 5.82 Å². The first-order chi connectivity index (χ1) is 14.1. The molecule has 156 valence electrons. The molecule has 0 radical (unpaired) electrons. The fourth-order valence-electron chi connectivity index (χ4n) is 4.39. The van der Waals surface area contributed by atoms with Crippen molar-refractivity contribution in [2.24, 2.45) is 0 Å². The average molecular weight is 419 g/mol. The lowest BCUT2D eigenvalue weighted by Gasteiger charge is -2.39. The van der Waals surface area contributed by atoms with Gasteiger partial charge in [0.05, 0.1) is 5.92 Å². The van der Waals surface area contributed by atoms with Gasteiger partial charge in [0, 0.05) is 43.3 Å². The molecule has 2 saturated heterocycles. The van der Waals surface area contributed by atoms with Crippen LogP contribution in [0.5, 0.6) is 0 Å². The third-order valence-electron chi connectivity index (χ3n) is 6.07. The minimum atomic E-state index is -0.203. The molecule has 7 nitrogen and oxygen atoms in total. The van der Waals surface area contributed by atoms with Gasteiger partial charge in [-0.3, -0.25) is 0 Å². The lowest BCUT2D eigenvalue weighted by molar-refractivity contribution is 0.0499. The van der Waals surface area contributed by atoms with Gasteiger partial charge in [0.1, 0.15) is 0 Å². The van der Waals surface area contributed by atoms with Crippen LogP contribution in [0.15, 0.2) is 28.8 Å². The van der Waals surface area contributed by atoms with Gasteiger partial charge in [0.2, 0.25) is 5.89 Å². The molecule has 0 bridgehead atoms. The number of rotatable bonds is 4. The van der Waals surface area contributed by atoms with E-state index in [2.05, 4.69) is 21.5 Å². The molecule has 0 saturated carbocycles. The lowest BCUT2D eigenvalue weighted by Crippen LogP contribution is -2.50. The van der Waals surface area contributed by atoms with Crippen LogP contribution in [0.4, 0.5) is 4.79 Å². The Kier molecular flexibility index (Phi) is 6.06. The van der Waals surface area contributed by atoms with Crippen molar-refractivity contribution in [2.45, 2.75) is 43.9 Å². The number of urea groups is 1. The topological polar surface area (TPSA) is 80.5 Å². The molecule has 2 aliphatic heterocycles. The number of hydrogen-bond acceptors (Lipinski definition) is 5. The Morgan fingerprint density at radius 1 is 1.34 bits per heavy atom. The summed E-state index contributed by atoms with van der Waals surface area (Å²) in [5.41, 5.74) is 0.883. The van der Waals surface area contributed by atoms with E-state index in [1.807, 2.05) is 30.0 Å². The van der Waals surface area contributed by atoms with E-state index in [0.29, 0.717) is 38.0 Å². The molecule has 2 aliphatic rings. The van der Waals surface area contributed by atoms with Gasteiger partial charge in [-0.2, -0.15) is 4.98 Å². The summed E-state index contributed by atoms with van der Waals surface area (Å²) in [6.07, 6.45) is 3.54. The first kappa shape index (κ1) is 20.2. The monoisotopic (exact) mass is 418 g/mol. The second kappa shape index (κ2) is 8.71. The number of halogens is 1. The maximum Gasteiger partial charge on any atom is 0.317 e. The van der Waals surface area contributed by atoms with E-state index in [1.54, 1.807) is 0 Å². The van der Waals surface area contributed by atoms with Gasteiger partial charge in [-0.15, -0.1) is 0 Å². The van der Waals surface area contributed by atoms with Gasteiger partial charge in [0.25, 0.3) is 0 Å². The van der Waals surface area contributed by atoms with Crippen LogP contribution < -0.4 is 5.32 Å². The predicted octanol–water partition coefficient (Wildman–Crippen LogP) is 3.67. The number of carbonyl (C=O) groups is 1. The Hall–Kier alpha value is -2.12. The van der Waals surface area contributed by atoms with Crippen molar-refractivity contribution in [3.8, 4) is 0 Å². The number of hydrogen-bond donors (Lipinski definition) is 1. The van der Waals surface area contributed by atoms with Gasteiger partial charge in [-0.1, -0.05) is 35.0 Å². The zero-order valence-corrected chi connectivity index (χ0v) is 17.5. The summed E-state index contributed by atoms with van der Waals surface area (Å²) in [6, 6.07) is 7.86. The molecule has 3 heterocycles. The number of amides is 2. The summed E-state index contributed by atoms with van der Waals surface area (Å²) >= 11 is 6.51. The number of aryl methyl sites for hydroxylation is 1. The van der Waals surface area contributed by atoms with Crippen LogP contribution >= 0.6 is 11.6 Å². The van der Waals surface area contributed by atoms with Crippen molar-refractivity contribution < 1.29 is 14.1 Å². The van der Waals surface area contributed by atoms with E-state index in [-0.39, 0.29) is 17.4 Å². The minimum absolute atomic E-state index is 0.0520. The largest absolute Gasteiger partial charge is 0.381 e. The van der Waals surface area contributed by atoms with Crippen molar-refractivity contribution in [3.05, 3.63) is 46.6 Å². The number of aromatic nitrogens is 2. The summed E-state index contributed by atoms with van der Waals surface area (Å²) in [5.74, 6) is 1.34. The molecule has 1 atom stereocenters. The van der Waals surface area contributed by atoms with E-state index in [4.69, 9.17) is 20.9 Å². The average Bonchev–Trinajstić information content (AvgIpc) is 3.19. The van der Waals surface area contributed by atoms with Crippen LogP contribution in [-0.2, 0) is 10.2 Å². The Labute approximate surface area is 175 Å². The molecule has 29 heavy (non-hydrogen) atoms. The number of ether oxygens (including phenoxy) is 1. The fourth-order valence-corrected chi connectivity index (χ4v) is 4.73. The standard InChI is InChI=1S/C21H27ClN4O3/c1-15-24-19(29-25-15)16-5-4-10-26(13-16)20(27)23-14-21(8-11-28-12-9-21)17-6-2-3-7-18(17)22/h2-3,6-7,16H,4-5,8-14H2,1H3,(H,23,27)/t16-/m0/s1. The number of nitrogens with one attached hydrogen (secondary N) is 1. The Bertz CT molecular complexity index is 850. The normalized spacial score (nSPS) is 21.7. The maximum atomic E-state index is 13.0. The third-order valence-corrected chi connectivity index (χ3v) is 6.40. The summed E-state index contributed by atoms with van der Waals surface area (Å²) in [7, 11) is 0. The molecular formula is C21H27ClN4O3. The van der Waals surface area contributed by atoms with Gasteiger partial charge < -0.3 is 19.5 Å². The lowest BCUT2D eigenvalue weighted by atomic mass is 9.74. The van der Waals surface area contributed by atoms with E-state index < -0.39 is 0 Å². The van der Waals surface area contributed by atoms with Crippen LogP contribution in [0.1, 0.15) is 48.9 Å². The molecule has 1 aromatic heterocycles. The third kappa shape index (κ3) is 4.41. The highest BCUT2D eigenvalue weighted by molar-refractivity contribution is 6.31. The number of likely N-dealkylation sites (tertiary alicyclic amines) is 1. The molecule has 2 fully saturated rings. The van der Waals surface area contributed by atoms with Crippen molar-refractivity contribution in [1.29, 1.82) is 0 Å². The number of carbonyl (C=O) groups excluding carboxylic acids is 1. The van der Waals surface area contributed by atoms with E-state index in [0.717, 1.165) is 42.8 Å². The fraction of sp³-hybridized carbons (Fsp3) is 0.571. The van der Waals surface area contributed by atoms with Crippen LogP contribution in [0.25, 0.3) is 0 Å². The van der Waals surface area contributed by atoms with Crippen molar-refractivity contribution in [1.82, 2.24) is 20.4 Å². The second-order valence-corrected chi connectivity index (χ2v) is 8.40. The number of piperidine rings is 1. The van der Waals surface area contributed by atoms with Crippen LogP contribution in [0.3, 0.4) is 0 Å². The van der Waals surface area contributed by atoms with Crippen molar-refractivity contribution in [3.63, 3.8) is 0 Å². The molecule has 1 aromatic carbocycles. The molecule has 0 aliphatic carbocycles. The predicted molar refractivity (Wildman–Crippen MR) is 109 cm³/mol. The van der Waals surface area contributed by atoms with Crippen molar-refractivity contribution >= 4 is 17.6 Å². The highest BCUT2D eigenvalue weighted by atomic mass is 35.5. The summed E-state index contributed by atoms with van der Waals surface area (Å²) in [4.78, 5) is 19.2. The zero-order chi connectivity index (χ0) is 20.3. The Morgan fingerprint density at radius 3 is 2.86 bits per heavy atom. The zero-order valence-electron chi connectivity index (χ0n) is 16.7. The maximum absolute atomic E-state index is 13.0. The Morgan fingerprint density at radius 2 is 2.14 bits per heavy atom. The van der Waals surface area contributed by atoms with E-state index in [1.165, 1.54) is 0 Å². The van der Waals surface area contributed by atoms with E-state index in [9.17, 15) is 4.79 Å². The molecule has 2 aromatic rings. The van der Waals surface area contributed by atoms with Crippen LogP contribution in [0.2, 0.25) is 5.02 Å². The number of benzene rings is 1. The highest BCUT2D eigenvalue weighted by Crippen LogP contribution is 2.38. The first-order valence-electron chi connectivity index (χ1n) is 10.2. The summed E-state index contributed by atoms with van der Waals surface area (Å²) < 4.78 is 10.9. The molecule has 8 heteroatoms.